The summed E-state index contributed by atoms with van der Waals surface area (Å²) in [6.07, 6.45) is 0.0945. The van der Waals surface area contributed by atoms with Crippen LogP contribution in [0, 0.1) is 6.92 Å². The van der Waals surface area contributed by atoms with Crippen LogP contribution in [0.25, 0.3) is 0 Å². The van der Waals surface area contributed by atoms with Crippen LogP contribution in [0.3, 0.4) is 0 Å². The van der Waals surface area contributed by atoms with Crippen LogP contribution in [0.4, 0.5) is 5.13 Å². The Morgan fingerprint density at radius 1 is 1.42 bits per heavy atom. The first-order chi connectivity index (χ1) is 9.19. The van der Waals surface area contributed by atoms with Gasteiger partial charge in [-0.05, 0) is 25.5 Å². The third kappa shape index (κ3) is 3.79. The van der Waals surface area contributed by atoms with Crippen LogP contribution in [-0.4, -0.2) is 17.0 Å². The minimum Gasteiger partial charge on any atom is -0.481 e. The van der Waals surface area contributed by atoms with Crippen molar-refractivity contribution >= 4 is 22.4 Å². The van der Waals surface area contributed by atoms with Crippen molar-refractivity contribution in [2.45, 2.75) is 26.4 Å². The Bertz CT molecular complexity index is 539. The summed E-state index contributed by atoms with van der Waals surface area (Å²) in [6, 6.07) is 9.34. The fourth-order valence-corrected chi connectivity index (χ4v) is 2.27. The van der Waals surface area contributed by atoms with Gasteiger partial charge in [-0.3, -0.25) is 10.1 Å². The van der Waals surface area contributed by atoms with Gasteiger partial charge in [-0.2, -0.15) is 0 Å². The lowest BCUT2D eigenvalue weighted by molar-refractivity contribution is -0.122. The first-order valence-electron chi connectivity index (χ1n) is 6.13. The number of aromatic nitrogens is 1. The molecular weight excluding hydrogens is 260 g/mol. The summed E-state index contributed by atoms with van der Waals surface area (Å²) in [4.78, 5) is 16.3. The summed E-state index contributed by atoms with van der Waals surface area (Å²) in [5.74, 6) is 0.528. The number of carbonyl (C=O) groups excluding carboxylic acids is 1. The Kier molecular flexibility index (Phi) is 4.52. The van der Waals surface area contributed by atoms with E-state index in [2.05, 4.69) is 10.3 Å². The van der Waals surface area contributed by atoms with Crippen molar-refractivity contribution in [1.82, 2.24) is 4.98 Å². The first-order valence-corrected chi connectivity index (χ1v) is 7.01. The molecular formula is C14H16N2O2S. The van der Waals surface area contributed by atoms with Gasteiger partial charge in [0.25, 0.3) is 5.91 Å². The summed E-state index contributed by atoms with van der Waals surface area (Å²) >= 11 is 1.41. The monoisotopic (exact) mass is 276 g/mol. The zero-order valence-corrected chi connectivity index (χ0v) is 11.7. The predicted molar refractivity (Wildman–Crippen MR) is 76.6 cm³/mol. The Morgan fingerprint density at radius 2 is 2.16 bits per heavy atom. The van der Waals surface area contributed by atoms with Crippen LogP contribution >= 0.6 is 11.3 Å². The molecule has 0 spiro atoms. The second-order valence-corrected chi connectivity index (χ2v) is 4.97. The Morgan fingerprint density at radius 3 is 2.74 bits per heavy atom. The summed E-state index contributed by atoms with van der Waals surface area (Å²) in [5.41, 5.74) is 0.900. The van der Waals surface area contributed by atoms with Gasteiger partial charge < -0.3 is 4.74 Å². The SMILES string of the molecule is CC[C@@H](Oc1ccccc1)C(=O)Nc1nc(C)cs1. The van der Waals surface area contributed by atoms with Crippen molar-refractivity contribution in [2.24, 2.45) is 0 Å². The number of rotatable bonds is 5. The number of anilines is 1. The zero-order chi connectivity index (χ0) is 13.7. The highest BCUT2D eigenvalue weighted by atomic mass is 32.1. The maximum atomic E-state index is 12.1. The number of aryl methyl sites for hydroxylation is 1. The molecule has 1 atom stereocenters. The molecule has 19 heavy (non-hydrogen) atoms. The van der Waals surface area contributed by atoms with Crippen molar-refractivity contribution in [2.75, 3.05) is 5.32 Å². The van der Waals surface area contributed by atoms with Gasteiger partial charge >= 0.3 is 0 Å². The quantitative estimate of drug-likeness (QED) is 0.912. The zero-order valence-electron chi connectivity index (χ0n) is 10.9. The Hall–Kier alpha value is -1.88. The summed E-state index contributed by atoms with van der Waals surface area (Å²) < 4.78 is 5.67. The molecule has 2 rings (SSSR count). The standard InChI is InChI=1S/C14H16N2O2S/c1-3-12(18-11-7-5-4-6-8-11)13(17)16-14-15-10(2)9-19-14/h4-9,12H,3H2,1-2H3,(H,15,16,17)/t12-/m1/s1. The highest BCUT2D eigenvalue weighted by molar-refractivity contribution is 7.13. The van der Waals surface area contributed by atoms with Gasteiger partial charge in [0.15, 0.2) is 11.2 Å². The van der Waals surface area contributed by atoms with E-state index in [0.717, 1.165) is 5.69 Å². The molecule has 0 unspecified atom stereocenters. The Labute approximate surface area is 116 Å². The van der Waals surface area contributed by atoms with Gasteiger partial charge in [-0.25, -0.2) is 4.98 Å². The lowest BCUT2D eigenvalue weighted by atomic mass is 10.2. The van der Waals surface area contributed by atoms with Gasteiger partial charge in [0.2, 0.25) is 0 Å². The lowest BCUT2D eigenvalue weighted by Gasteiger charge is -2.16. The van der Waals surface area contributed by atoms with Gasteiger partial charge in [-0.15, -0.1) is 11.3 Å². The normalized spacial score (nSPS) is 11.9. The molecule has 0 aliphatic carbocycles. The largest absolute Gasteiger partial charge is 0.481 e. The molecule has 0 radical (unpaired) electrons. The average Bonchev–Trinajstić information content (AvgIpc) is 2.82. The smallest absolute Gasteiger partial charge is 0.267 e. The molecule has 0 saturated carbocycles. The van der Waals surface area contributed by atoms with E-state index in [1.807, 2.05) is 49.6 Å². The number of hydrogen-bond donors (Lipinski definition) is 1. The van der Waals surface area contributed by atoms with Crippen molar-refractivity contribution < 1.29 is 9.53 Å². The fourth-order valence-electron chi connectivity index (χ4n) is 1.58. The number of nitrogens with zero attached hydrogens (tertiary/aromatic N) is 1. The molecule has 0 bridgehead atoms. The third-order valence-electron chi connectivity index (χ3n) is 2.53. The molecule has 0 aliphatic heterocycles. The molecule has 1 aromatic carbocycles. The summed E-state index contributed by atoms with van der Waals surface area (Å²) in [5, 5.41) is 5.28. The number of thiazole rings is 1. The molecule has 0 fully saturated rings. The van der Waals surface area contributed by atoms with Crippen LogP contribution in [0.15, 0.2) is 35.7 Å². The number of hydrogen-bond acceptors (Lipinski definition) is 4. The van der Waals surface area contributed by atoms with E-state index >= 15 is 0 Å². The first kappa shape index (κ1) is 13.5. The van der Waals surface area contributed by atoms with E-state index in [4.69, 9.17) is 4.74 Å². The minimum atomic E-state index is -0.508. The molecule has 100 valence electrons. The molecule has 1 N–H and O–H groups in total. The van der Waals surface area contributed by atoms with E-state index in [-0.39, 0.29) is 5.91 Å². The maximum Gasteiger partial charge on any atom is 0.267 e. The average molecular weight is 276 g/mol. The van der Waals surface area contributed by atoms with Crippen LogP contribution in [0.2, 0.25) is 0 Å². The summed E-state index contributed by atoms with van der Waals surface area (Å²) in [6.45, 7) is 3.81. The molecule has 1 heterocycles. The van der Waals surface area contributed by atoms with Crippen LogP contribution in [0.5, 0.6) is 5.75 Å². The molecule has 1 amide bonds. The third-order valence-corrected chi connectivity index (χ3v) is 3.41. The number of benzene rings is 1. The van der Waals surface area contributed by atoms with Crippen LogP contribution in [-0.2, 0) is 4.79 Å². The fraction of sp³-hybridized carbons (Fsp3) is 0.286. The number of amides is 1. The number of ether oxygens (including phenoxy) is 1. The van der Waals surface area contributed by atoms with Crippen molar-refractivity contribution in [1.29, 1.82) is 0 Å². The van der Waals surface area contributed by atoms with Crippen LogP contribution in [0.1, 0.15) is 19.0 Å². The second kappa shape index (κ2) is 6.33. The maximum absolute atomic E-state index is 12.1. The van der Waals surface area contributed by atoms with E-state index < -0.39 is 6.10 Å². The molecule has 2 aromatic rings. The molecule has 5 heteroatoms. The van der Waals surface area contributed by atoms with Gasteiger partial charge in [0, 0.05) is 5.38 Å². The molecule has 1 aromatic heterocycles. The van der Waals surface area contributed by atoms with E-state index in [1.165, 1.54) is 11.3 Å². The minimum absolute atomic E-state index is 0.166. The van der Waals surface area contributed by atoms with Crippen molar-refractivity contribution in [3.05, 3.63) is 41.4 Å². The lowest BCUT2D eigenvalue weighted by Crippen LogP contribution is -2.32. The highest BCUT2D eigenvalue weighted by Gasteiger charge is 2.19. The summed E-state index contributed by atoms with van der Waals surface area (Å²) in [7, 11) is 0. The molecule has 0 aliphatic rings. The van der Waals surface area contributed by atoms with Gasteiger partial charge in [0.1, 0.15) is 5.75 Å². The molecule has 0 saturated heterocycles. The highest BCUT2D eigenvalue weighted by Crippen LogP contribution is 2.17. The van der Waals surface area contributed by atoms with E-state index in [1.54, 1.807) is 0 Å². The predicted octanol–water partition coefficient (Wildman–Crippen LogP) is 3.25. The topological polar surface area (TPSA) is 51.2 Å². The van der Waals surface area contributed by atoms with Gasteiger partial charge in [0.05, 0.1) is 5.69 Å². The number of para-hydroxylation sites is 1. The Balaban J connectivity index is 1.99. The van der Waals surface area contributed by atoms with E-state index in [9.17, 15) is 4.79 Å². The van der Waals surface area contributed by atoms with Crippen molar-refractivity contribution in [3.63, 3.8) is 0 Å². The van der Waals surface area contributed by atoms with Crippen molar-refractivity contribution in [3.8, 4) is 5.75 Å². The van der Waals surface area contributed by atoms with E-state index in [0.29, 0.717) is 17.3 Å². The van der Waals surface area contributed by atoms with Crippen LogP contribution < -0.4 is 10.1 Å². The second-order valence-electron chi connectivity index (χ2n) is 4.11. The number of nitrogens with one attached hydrogen (secondary N) is 1. The van der Waals surface area contributed by atoms with Gasteiger partial charge in [-0.1, -0.05) is 25.1 Å². The number of carbonyl (C=O) groups is 1. The molecule has 4 nitrogen and oxygen atoms in total.